The molecule has 2 heterocycles. The lowest BCUT2D eigenvalue weighted by molar-refractivity contribution is 0.0208. The zero-order chi connectivity index (χ0) is 12.4. The van der Waals surface area contributed by atoms with E-state index in [-0.39, 0.29) is 5.60 Å². The van der Waals surface area contributed by atoms with Crippen LogP contribution in [0.25, 0.3) is 0 Å². The van der Waals surface area contributed by atoms with E-state index in [9.17, 15) is 0 Å². The molecule has 0 aromatic heterocycles. The molecule has 98 valence electrons. The fourth-order valence-corrected chi connectivity index (χ4v) is 3.03. The predicted octanol–water partition coefficient (Wildman–Crippen LogP) is 2.35. The number of fused-ring (bicyclic) bond motifs is 1. The first-order valence-corrected chi connectivity index (χ1v) is 6.94. The third-order valence-corrected chi connectivity index (χ3v) is 4.13. The fourth-order valence-electron chi connectivity index (χ4n) is 3.03. The van der Waals surface area contributed by atoms with Gasteiger partial charge in [-0.05, 0) is 31.4 Å². The largest absolute Gasteiger partial charge is 0.384 e. The summed E-state index contributed by atoms with van der Waals surface area (Å²) < 4.78 is 5.80. The Bertz CT molecular complexity index is 413. The Morgan fingerprint density at radius 2 is 2.33 bits per heavy atom. The molecule has 3 nitrogen and oxygen atoms in total. The highest BCUT2D eigenvalue weighted by molar-refractivity contribution is 5.57. The number of anilines is 1. The molecule has 2 N–H and O–H groups in total. The molecule has 0 bridgehead atoms. The van der Waals surface area contributed by atoms with Crippen molar-refractivity contribution in [2.75, 3.05) is 31.6 Å². The quantitative estimate of drug-likeness (QED) is 0.855. The number of hydrogen-bond acceptors (Lipinski definition) is 3. The van der Waals surface area contributed by atoms with Crippen molar-refractivity contribution >= 4 is 5.69 Å². The second-order valence-corrected chi connectivity index (χ2v) is 5.70. The van der Waals surface area contributed by atoms with Crippen LogP contribution < -0.4 is 10.6 Å². The molecule has 1 aromatic carbocycles. The van der Waals surface area contributed by atoms with Gasteiger partial charge in [-0.2, -0.15) is 0 Å². The van der Waals surface area contributed by atoms with Crippen molar-refractivity contribution in [1.82, 2.24) is 5.32 Å². The zero-order valence-electron chi connectivity index (χ0n) is 11.0. The SMILES string of the molecule is CC1(CNCC2CNc3ccccc32)CCCO1. The van der Waals surface area contributed by atoms with Crippen LogP contribution in [0.5, 0.6) is 0 Å². The number of benzene rings is 1. The summed E-state index contributed by atoms with van der Waals surface area (Å²) in [7, 11) is 0. The maximum Gasteiger partial charge on any atom is 0.0779 e. The number of hydrogen-bond donors (Lipinski definition) is 2. The first-order valence-electron chi connectivity index (χ1n) is 6.94. The summed E-state index contributed by atoms with van der Waals surface area (Å²) in [4.78, 5) is 0. The molecule has 2 unspecified atom stereocenters. The van der Waals surface area contributed by atoms with Crippen LogP contribution in [0.1, 0.15) is 31.2 Å². The smallest absolute Gasteiger partial charge is 0.0779 e. The van der Waals surface area contributed by atoms with Gasteiger partial charge < -0.3 is 15.4 Å². The summed E-state index contributed by atoms with van der Waals surface area (Å²) in [5.41, 5.74) is 2.81. The van der Waals surface area contributed by atoms with E-state index in [1.807, 2.05) is 0 Å². The minimum absolute atomic E-state index is 0.0611. The summed E-state index contributed by atoms with van der Waals surface area (Å²) in [5.74, 6) is 0.589. The van der Waals surface area contributed by atoms with E-state index >= 15 is 0 Å². The molecule has 0 saturated carbocycles. The minimum atomic E-state index is 0.0611. The molecule has 1 aromatic rings. The van der Waals surface area contributed by atoms with E-state index in [1.54, 1.807) is 0 Å². The Kier molecular flexibility index (Phi) is 3.27. The number of rotatable bonds is 4. The van der Waals surface area contributed by atoms with E-state index < -0.39 is 0 Å². The molecule has 2 aliphatic heterocycles. The highest BCUT2D eigenvalue weighted by Gasteiger charge is 2.30. The maximum atomic E-state index is 5.80. The van der Waals surface area contributed by atoms with E-state index in [1.165, 1.54) is 24.1 Å². The van der Waals surface area contributed by atoms with Crippen LogP contribution in [0.2, 0.25) is 0 Å². The molecule has 3 heteroatoms. The van der Waals surface area contributed by atoms with Gasteiger partial charge in [0.25, 0.3) is 0 Å². The van der Waals surface area contributed by atoms with Crippen LogP contribution in [0, 0.1) is 0 Å². The van der Waals surface area contributed by atoms with Crippen molar-refractivity contribution in [3.8, 4) is 0 Å². The number of nitrogens with one attached hydrogen (secondary N) is 2. The van der Waals surface area contributed by atoms with Crippen LogP contribution in [0.15, 0.2) is 24.3 Å². The lowest BCUT2D eigenvalue weighted by atomic mass is 10.00. The van der Waals surface area contributed by atoms with Gasteiger partial charge in [-0.15, -0.1) is 0 Å². The van der Waals surface area contributed by atoms with Crippen LogP contribution in [0.4, 0.5) is 5.69 Å². The normalized spacial score (nSPS) is 30.2. The van der Waals surface area contributed by atoms with Gasteiger partial charge >= 0.3 is 0 Å². The molecule has 0 spiro atoms. The lowest BCUT2D eigenvalue weighted by Crippen LogP contribution is -2.39. The first-order chi connectivity index (χ1) is 8.77. The van der Waals surface area contributed by atoms with Gasteiger partial charge in [0, 0.05) is 37.8 Å². The van der Waals surface area contributed by atoms with Gasteiger partial charge in [0.1, 0.15) is 0 Å². The van der Waals surface area contributed by atoms with Gasteiger partial charge in [-0.25, -0.2) is 0 Å². The molecule has 2 atom stereocenters. The summed E-state index contributed by atoms with van der Waals surface area (Å²) in [6, 6.07) is 8.61. The van der Waals surface area contributed by atoms with Gasteiger partial charge in [-0.1, -0.05) is 18.2 Å². The molecule has 18 heavy (non-hydrogen) atoms. The van der Waals surface area contributed by atoms with Gasteiger partial charge in [0.05, 0.1) is 5.60 Å². The number of para-hydroxylation sites is 1. The predicted molar refractivity (Wildman–Crippen MR) is 74.1 cm³/mol. The van der Waals surface area contributed by atoms with Crippen LogP contribution in [-0.2, 0) is 4.74 Å². The summed E-state index contributed by atoms with van der Waals surface area (Å²) in [5, 5.41) is 7.05. The molecular formula is C15H22N2O. The molecule has 3 rings (SSSR count). The Morgan fingerprint density at radius 3 is 3.17 bits per heavy atom. The third kappa shape index (κ3) is 2.38. The van der Waals surface area contributed by atoms with Crippen LogP contribution in [0.3, 0.4) is 0 Å². The number of ether oxygens (including phenoxy) is 1. The van der Waals surface area contributed by atoms with Crippen LogP contribution >= 0.6 is 0 Å². The van der Waals surface area contributed by atoms with Crippen molar-refractivity contribution in [2.45, 2.75) is 31.3 Å². The summed E-state index contributed by atoms with van der Waals surface area (Å²) in [6.07, 6.45) is 2.38. The second-order valence-electron chi connectivity index (χ2n) is 5.70. The van der Waals surface area contributed by atoms with Gasteiger partial charge in [0.15, 0.2) is 0 Å². The van der Waals surface area contributed by atoms with E-state index in [2.05, 4.69) is 41.8 Å². The first kappa shape index (κ1) is 12.0. The lowest BCUT2D eigenvalue weighted by Gasteiger charge is -2.24. The molecule has 1 fully saturated rings. The topological polar surface area (TPSA) is 33.3 Å². The van der Waals surface area contributed by atoms with Crippen molar-refractivity contribution in [1.29, 1.82) is 0 Å². The van der Waals surface area contributed by atoms with E-state index in [4.69, 9.17) is 4.74 Å². The van der Waals surface area contributed by atoms with E-state index in [0.717, 1.165) is 26.2 Å². The fraction of sp³-hybridized carbons (Fsp3) is 0.600. The third-order valence-electron chi connectivity index (χ3n) is 4.13. The van der Waals surface area contributed by atoms with Crippen LogP contribution in [-0.4, -0.2) is 31.8 Å². The molecule has 0 aliphatic carbocycles. The standard InChI is InChI=1S/C15H22N2O/c1-15(7-4-8-18-15)11-16-9-12-10-17-14-6-3-2-5-13(12)14/h2-3,5-6,12,16-17H,4,7-11H2,1H3. The van der Waals surface area contributed by atoms with Crippen molar-refractivity contribution < 1.29 is 4.74 Å². The van der Waals surface area contributed by atoms with Crippen molar-refractivity contribution in [3.63, 3.8) is 0 Å². The Labute approximate surface area is 109 Å². The highest BCUT2D eigenvalue weighted by Crippen LogP contribution is 2.30. The summed E-state index contributed by atoms with van der Waals surface area (Å²) in [6.45, 7) is 6.18. The molecular weight excluding hydrogens is 224 g/mol. The van der Waals surface area contributed by atoms with Crippen molar-refractivity contribution in [2.24, 2.45) is 0 Å². The monoisotopic (exact) mass is 246 g/mol. The molecule has 0 radical (unpaired) electrons. The minimum Gasteiger partial charge on any atom is -0.384 e. The van der Waals surface area contributed by atoms with Gasteiger partial charge in [-0.3, -0.25) is 0 Å². The van der Waals surface area contributed by atoms with E-state index in [0.29, 0.717) is 5.92 Å². The Hall–Kier alpha value is -1.06. The highest BCUT2D eigenvalue weighted by atomic mass is 16.5. The van der Waals surface area contributed by atoms with Crippen molar-refractivity contribution in [3.05, 3.63) is 29.8 Å². The molecule has 1 saturated heterocycles. The Morgan fingerprint density at radius 1 is 1.44 bits per heavy atom. The summed E-state index contributed by atoms with van der Waals surface area (Å²) >= 11 is 0. The molecule has 0 amide bonds. The maximum absolute atomic E-state index is 5.80. The van der Waals surface area contributed by atoms with Gasteiger partial charge in [0.2, 0.25) is 0 Å². The molecule has 2 aliphatic rings. The second kappa shape index (κ2) is 4.90. The Balaban J connectivity index is 1.53. The average molecular weight is 246 g/mol. The average Bonchev–Trinajstić information content (AvgIpc) is 2.97. The zero-order valence-corrected chi connectivity index (χ0v) is 11.0.